The van der Waals surface area contributed by atoms with Crippen LogP contribution in [0.4, 0.5) is 57.3 Å². The van der Waals surface area contributed by atoms with Crippen molar-refractivity contribution in [1.29, 1.82) is 0 Å². The van der Waals surface area contributed by atoms with Crippen LogP contribution >= 0.6 is 31.9 Å². The number of nitrogens with two attached hydrogens (primary N) is 1. The minimum Gasteiger partial charge on any atom is -0.399 e. The molecule has 16 nitrogen and oxygen atoms in total. The summed E-state index contributed by atoms with van der Waals surface area (Å²) in [5.41, 5.74) is 17.7. The van der Waals surface area contributed by atoms with Gasteiger partial charge in [0.1, 0.15) is 34.9 Å². The van der Waals surface area contributed by atoms with Crippen LogP contribution in [0.1, 0.15) is 87.6 Å². The van der Waals surface area contributed by atoms with E-state index in [2.05, 4.69) is 213 Å². The summed E-state index contributed by atoms with van der Waals surface area (Å²) in [5, 5.41) is 3.40. The molecule has 3 saturated carbocycles. The van der Waals surface area contributed by atoms with Crippen LogP contribution in [-0.4, -0.2) is 150 Å². The van der Waals surface area contributed by atoms with Gasteiger partial charge in [-0.1, -0.05) is 43.8 Å². The van der Waals surface area contributed by atoms with Gasteiger partial charge in [0.05, 0.1) is 39.3 Å². The lowest BCUT2D eigenvalue weighted by molar-refractivity contribution is 0.610. The predicted molar refractivity (Wildman–Crippen MR) is 379 cm³/mol. The molecule has 462 valence electrons. The van der Waals surface area contributed by atoms with Crippen LogP contribution in [0, 0.1) is 0 Å². The summed E-state index contributed by atoms with van der Waals surface area (Å²) < 4.78 is 2.31. The molecule has 3 aromatic heterocycles. The van der Waals surface area contributed by atoms with Crippen molar-refractivity contribution in [2.45, 2.75) is 70.1 Å². The number of nitrogens with zero attached hydrogens (tertiary/aromatic N) is 15. The molecule has 0 amide bonds. The third-order valence-corrected chi connectivity index (χ3v) is 19.8. The van der Waals surface area contributed by atoms with E-state index in [9.17, 15) is 0 Å². The normalized spacial score (nSPS) is 17.6. The first-order valence-electron chi connectivity index (χ1n) is 31.8. The number of fused-ring (bicyclic) bond motifs is 3. The molecule has 0 bridgehead atoms. The van der Waals surface area contributed by atoms with Crippen molar-refractivity contribution >= 4 is 122 Å². The first kappa shape index (κ1) is 60.2. The van der Waals surface area contributed by atoms with E-state index in [1.165, 1.54) is 97.5 Å². The Bertz CT molecular complexity index is 3970. The molecule has 89 heavy (non-hydrogen) atoms. The van der Waals surface area contributed by atoms with Crippen LogP contribution in [0.5, 0.6) is 0 Å². The number of halogens is 2. The van der Waals surface area contributed by atoms with E-state index in [4.69, 9.17) is 35.6 Å². The van der Waals surface area contributed by atoms with Crippen molar-refractivity contribution in [3.63, 3.8) is 0 Å². The summed E-state index contributed by atoms with van der Waals surface area (Å²) in [5.74, 6) is 7.96. The van der Waals surface area contributed by atoms with Crippen molar-refractivity contribution in [3.05, 3.63) is 154 Å². The number of para-hydroxylation sites is 4. The SMILES string of the molecule is C.CN(C)c1ccc2nc(C3CC3)nc(N3CCN(c4ccccc4Br)CC3)c2c1.CN(C)c1ccc2nc(C3CC3)nc(N3CCN(c4ccccc4N4CCC4)CC3)c2c1.Nc1ccc2nc(C3CC3)nc(N3CCN(c4ccccc4Br)CC3)c2c1. The smallest absolute Gasteiger partial charge is 0.140 e. The van der Waals surface area contributed by atoms with Crippen molar-refractivity contribution in [3.8, 4) is 0 Å². The van der Waals surface area contributed by atoms with Gasteiger partial charge < -0.3 is 49.8 Å². The van der Waals surface area contributed by atoms with E-state index in [-0.39, 0.29) is 7.43 Å². The van der Waals surface area contributed by atoms with Gasteiger partial charge in [-0.15, -0.1) is 0 Å². The second-order valence-corrected chi connectivity index (χ2v) is 26.9. The van der Waals surface area contributed by atoms with Crippen molar-refractivity contribution in [2.24, 2.45) is 0 Å². The van der Waals surface area contributed by atoms with Gasteiger partial charge in [0.15, 0.2) is 0 Å². The lowest BCUT2D eigenvalue weighted by Crippen LogP contribution is -2.48. The molecule has 2 N–H and O–H groups in total. The summed E-state index contributed by atoms with van der Waals surface area (Å²) in [7, 11) is 8.34. The van der Waals surface area contributed by atoms with E-state index in [0.29, 0.717) is 17.8 Å². The monoisotopic (exact) mass is 1320 g/mol. The highest BCUT2D eigenvalue weighted by atomic mass is 79.9. The third-order valence-electron chi connectivity index (χ3n) is 18.5. The number of piperazine rings is 3. The minimum absolute atomic E-state index is 0. The average molecular weight is 1320 g/mol. The van der Waals surface area contributed by atoms with Gasteiger partial charge in [-0.05, 0) is 168 Å². The van der Waals surface area contributed by atoms with Gasteiger partial charge in [-0.2, -0.15) is 0 Å². The standard InChI is InChI=1S/C26H32N6.C23H26BrN5.C21H22BrN5.CH4/c1-29(2)20-10-11-22-21(18-20)26(28-25(27-22)19-8-9-19)32-16-14-31(15-17-32)24-7-4-3-6-23(24)30-12-5-13-30;1-27(2)17-9-10-20-18(15-17)23(26-22(25-20)16-7-8-16)29-13-11-28(12-14-29)21-6-4-3-5-19(21)24;22-17-3-1-2-4-19(17)26-9-11-27(12-10-26)21-16-13-15(23)7-8-18(16)24-20(25-21)14-5-6-14;/h3-4,6-7,10-11,18-19H,5,8-9,12-17H2,1-2H3;3-6,9-10,15-16H,7-8,11-14H2,1-2H3;1-4,7-8,13-14H,5-6,9-12,23H2;1H4. The van der Waals surface area contributed by atoms with Crippen LogP contribution < -0.4 is 49.8 Å². The summed E-state index contributed by atoms with van der Waals surface area (Å²) in [6, 6.07) is 44.9. The second-order valence-electron chi connectivity index (χ2n) is 25.2. The van der Waals surface area contributed by atoms with Gasteiger partial charge in [0, 0.05) is 180 Å². The van der Waals surface area contributed by atoms with E-state index < -0.39 is 0 Å². The summed E-state index contributed by atoms with van der Waals surface area (Å²) >= 11 is 7.37. The summed E-state index contributed by atoms with van der Waals surface area (Å²) in [6.07, 6.45) is 8.60. The van der Waals surface area contributed by atoms with Crippen molar-refractivity contribution < 1.29 is 0 Å². The van der Waals surface area contributed by atoms with Crippen LogP contribution in [0.2, 0.25) is 0 Å². The number of benzene rings is 6. The Labute approximate surface area is 542 Å². The van der Waals surface area contributed by atoms with Crippen molar-refractivity contribution in [2.75, 3.05) is 170 Å². The van der Waals surface area contributed by atoms with Crippen molar-refractivity contribution in [1.82, 2.24) is 29.9 Å². The fourth-order valence-corrected chi connectivity index (χ4v) is 13.8. The number of hydrogen-bond acceptors (Lipinski definition) is 16. The molecule has 18 heteroatoms. The Hall–Kier alpha value is -7.70. The van der Waals surface area contributed by atoms with Crippen LogP contribution in [0.3, 0.4) is 0 Å². The molecule has 0 spiro atoms. The molecule has 3 aliphatic carbocycles. The molecule has 6 aromatic carbocycles. The van der Waals surface area contributed by atoms with E-state index in [1.807, 2.05) is 18.2 Å². The quantitative estimate of drug-likeness (QED) is 0.116. The highest BCUT2D eigenvalue weighted by Gasteiger charge is 2.33. The highest BCUT2D eigenvalue weighted by molar-refractivity contribution is 9.11. The van der Waals surface area contributed by atoms with Gasteiger partial charge in [-0.25, -0.2) is 29.9 Å². The molecule has 7 heterocycles. The Morgan fingerprint density at radius 3 is 0.989 bits per heavy atom. The minimum atomic E-state index is 0. The molecular formula is C71H84Br2N16. The van der Waals surface area contributed by atoms with E-state index in [0.717, 1.165) is 155 Å². The maximum atomic E-state index is 6.06. The van der Waals surface area contributed by atoms with Crippen LogP contribution in [-0.2, 0) is 0 Å². The van der Waals surface area contributed by atoms with Gasteiger partial charge in [0.2, 0.25) is 0 Å². The predicted octanol–water partition coefficient (Wildman–Crippen LogP) is 13.6. The zero-order chi connectivity index (χ0) is 60.0. The number of rotatable bonds is 12. The first-order valence-corrected chi connectivity index (χ1v) is 33.4. The zero-order valence-corrected chi connectivity index (χ0v) is 54.4. The lowest BCUT2D eigenvalue weighted by atomic mass is 10.1. The molecule has 0 radical (unpaired) electrons. The lowest BCUT2D eigenvalue weighted by Gasteiger charge is -2.41. The average Bonchev–Trinajstić information content (AvgIpc) is 2.39. The molecular weight excluding hydrogens is 1240 g/mol. The molecule has 16 rings (SSSR count). The highest BCUT2D eigenvalue weighted by Crippen LogP contribution is 2.44. The second kappa shape index (κ2) is 26.0. The number of hydrogen-bond donors (Lipinski definition) is 1. The van der Waals surface area contributed by atoms with Gasteiger partial charge in [-0.3, -0.25) is 0 Å². The summed E-state index contributed by atoms with van der Waals surface area (Å²) in [4.78, 5) is 51.4. The van der Waals surface area contributed by atoms with Gasteiger partial charge >= 0.3 is 0 Å². The maximum Gasteiger partial charge on any atom is 0.140 e. The number of aromatic nitrogens is 6. The zero-order valence-electron chi connectivity index (χ0n) is 51.2. The Morgan fingerprint density at radius 2 is 0.663 bits per heavy atom. The largest absolute Gasteiger partial charge is 0.399 e. The Kier molecular flexibility index (Phi) is 17.6. The van der Waals surface area contributed by atoms with E-state index in [1.54, 1.807) is 0 Å². The van der Waals surface area contributed by atoms with Gasteiger partial charge in [0.25, 0.3) is 0 Å². The molecule has 0 unspecified atom stereocenters. The Balaban J connectivity index is 0.000000123. The first-order chi connectivity index (χ1) is 43.0. The Morgan fingerprint density at radius 1 is 0.360 bits per heavy atom. The number of anilines is 10. The molecule has 0 atom stereocenters. The maximum absolute atomic E-state index is 6.06. The molecule has 7 fully saturated rings. The third kappa shape index (κ3) is 13.2. The van der Waals surface area contributed by atoms with Crippen LogP contribution in [0.15, 0.2) is 136 Å². The summed E-state index contributed by atoms with van der Waals surface area (Å²) in [6.45, 7) is 14.1. The fraction of sp³-hybridized carbons (Fsp3) is 0.408. The van der Waals surface area contributed by atoms with Crippen LogP contribution in [0.25, 0.3) is 32.7 Å². The fourth-order valence-electron chi connectivity index (χ4n) is 12.7. The number of nitrogen functional groups attached to an aromatic ring is 1. The topological polar surface area (TPSA) is 133 Å². The molecule has 9 aromatic rings. The molecule has 4 aliphatic heterocycles. The molecule has 7 aliphatic rings. The molecule has 4 saturated heterocycles. The van der Waals surface area contributed by atoms with E-state index >= 15 is 0 Å².